The molecule has 1 aromatic carbocycles. The van der Waals surface area contributed by atoms with Crippen molar-refractivity contribution < 1.29 is 14.1 Å². The Morgan fingerprint density at radius 1 is 1.27 bits per heavy atom. The maximum absolute atomic E-state index is 13.3. The number of carbonyl (C=O) groups is 1. The number of benzene rings is 1. The molecule has 1 saturated heterocycles. The lowest BCUT2D eigenvalue weighted by Gasteiger charge is -2.48. The smallest absolute Gasteiger partial charge is 0.229 e. The lowest BCUT2D eigenvalue weighted by Crippen LogP contribution is -2.56. The number of nitrogens with zero attached hydrogens (tertiary/aromatic N) is 3. The van der Waals surface area contributed by atoms with Gasteiger partial charge < -0.3 is 19.1 Å². The number of ether oxygens (including phenoxy) is 1. The number of amides is 1. The number of hydrogen-bond donors (Lipinski definition) is 1. The van der Waals surface area contributed by atoms with Crippen molar-refractivity contribution in [3.63, 3.8) is 0 Å². The lowest BCUT2D eigenvalue weighted by atomic mass is 9.80. The number of aromatic nitrogens is 3. The highest BCUT2D eigenvalue weighted by Gasteiger charge is 2.47. The highest BCUT2D eigenvalue weighted by molar-refractivity contribution is 5.86. The minimum atomic E-state index is -0.373. The summed E-state index contributed by atoms with van der Waals surface area (Å²) in [4.78, 5) is 23.1. The Balaban J connectivity index is 1.49. The van der Waals surface area contributed by atoms with E-state index in [-0.39, 0.29) is 17.9 Å². The number of rotatable bonds is 2. The van der Waals surface area contributed by atoms with Crippen LogP contribution in [0.15, 0.2) is 35.1 Å². The number of nitrogens with one attached hydrogen (secondary N) is 1. The minimum Gasteiger partial charge on any atom is -0.381 e. The summed E-state index contributed by atoms with van der Waals surface area (Å²) < 4.78 is 10.9. The van der Waals surface area contributed by atoms with Gasteiger partial charge in [0.05, 0.1) is 24.0 Å². The van der Waals surface area contributed by atoms with Gasteiger partial charge in [0.1, 0.15) is 5.69 Å². The number of hydrogen-bond acceptors (Lipinski definition) is 5. The number of carbonyl (C=O) groups excluding carboxylic acids is 1. The Labute approximate surface area is 150 Å². The molecule has 7 nitrogen and oxygen atoms in total. The van der Waals surface area contributed by atoms with Crippen molar-refractivity contribution in [3.8, 4) is 0 Å². The molecule has 2 aliphatic rings. The average Bonchev–Trinajstić information content (AvgIpc) is 3.31. The zero-order chi connectivity index (χ0) is 17.6. The Bertz CT molecular complexity index is 955. The number of aromatic amines is 1. The van der Waals surface area contributed by atoms with Crippen molar-refractivity contribution in [2.24, 2.45) is 0 Å². The fourth-order valence-corrected chi connectivity index (χ4v) is 4.36. The van der Waals surface area contributed by atoms with E-state index < -0.39 is 0 Å². The summed E-state index contributed by atoms with van der Waals surface area (Å²) in [5.41, 5.74) is 3.18. The van der Waals surface area contributed by atoms with Crippen LogP contribution in [0.4, 0.5) is 0 Å². The number of imidazole rings is 1. The van der Waals surface area contributed by atoms with Gasteiger partial charge in [-0.05, 0) is 25.0 Å². The molecule has 1 fully saturated rings. The van der Waals surface area contributed by atoms with E-state index in [0.29, 0.717) is 31.0 Å². The molecule has 0 unspecified atom stereocenters. The maximum atomic E-state index is 13.3. The molecule has 2 aliphatic heterocycles. The third kappa shape index (κ3) is 2.27. The molecule has 134 valence electrons. The van der Waals surface area contributed by atoms with Crippen molar-refractivity contribution in [1.29, 1.82) is 0 Å². The molecule has 26 heavy (non-hydrogen) atoms. The van der Waals surface area contributed by atoms with Crippen molar-refractivity contribution >= 4 is 16.9 Å². The molecule has 2 aromatic heterocycles. The van der Waals surface area contributed by atoms with E-state index in [1.807, 2.05) is 29.2 Å². The summed E-state index contributed by atoms with van der Waals surface area (Å²) in [7, 11) is 0. The van der Waals surface area contributed by atoms with Crippen LogP contribution in [0.2, 0.25) is 0 Å². The normalized spacial score (nSPS) is 19.0. The van der Waals surface area contributed by atoms with Crippen LogP contribution in [0.3, 0.4) is 0 Å². The van der Waals surface area contributed by atoms with Gasteiger partial charge in [0.2, 0.25) is 5.91 Å². The van der Waals surface area contributed by atoms with Gasteiger partial charge in [0.15, 0.2) is 5.58 Å². The Morgan fingerprint density at radius 3 is 3.00 bits per heavy atom. The largest absolute Gasteiger partial charge is 0.381 e. The molecule has 1 N–H and O–H groups in total. The predicted molar refractivity (Wildman–Crippen MR) is 93.4 cm³/mol. The molecular formula is C19H20N4O3. The molecular weight excluding hydrogens is 332 g/mol. The second-order valence-corrected chi connectivity index (χ2v) is 6.97. The van der Waals surface area contributed by atoms with Gasteiger partial charge in [0.25, 0.3) is 0 Å². The Hall–Kier alpha value is -2.67. The first-order chi connectivity index (χ1) is 12.8. The van der Waals surface area contributed by atoms with Crippen LogP contribution in [0, 0.1) is 0 Å². The summed E-state index contributed by atoms with van der Waals surface area (Å²) >= 11 is 0. The molecule has 0 saturated carbocycles. The zero-order valence-corrected chi connectivity index (χ0v) is 14.4. The highest BCUT2D eigenvalue weighted by Crippen LogP contribution is 2.42. The van der Waals surface area contributed by atoms with E-state index in [1.165, 1.54) is 0 Å². The second-order valence-electron chi connectivity index (χ2n) is 6.97. The van der Waals surface area contributed by atoms with Gasteiger partial charge in [0, 0.05) is 37.3 Å². The fraction of sp³-hybridized carbons (Fsp3) is 0.421. The SMILES string of the molecule is O=C(Cc1noc2ccccc12)N1CCc2[nH]cnc2C12CCOCC2. The van der Waals surface area contributed by atoms with Crippen LogP contribution in [-0.2, 0) is 27.9 Å². The Kier molecular flexibility index (Phi) is 3.56. The number of para-hydroxylation sites is 1. The molecule has 0 atom stereocenters. The molecule has 5 rings (SSSR count). The highest BCUT2D eigenvalue weighted by atomic mass is 16.5. The van der Waals surface area contributed by atoms with Crippen molar-refractivity contribution in [1.82, 2.24) is 20.0 Å². The van der Waals surface area contributed by atoms with E-state index >= 15 is 0 Å². The van der Waals surface area contributed by atoms with E-state index in [9.17, 15) is 4.79 Å². The summed E-state index contributed by atoms with van der Waals surface area (Å²) in [5, 5.41) is 5.03. The predicted octanol–water partition coefficient (Wildman–Crippen LogP) is 2.18. The standard InChI is InChI=1S/C19H20N4O3/c24-17(11-15-13-3-1-2-4-16(13)26-22-15)23-8-5-14-18(21-12-20-14)19(23)6-9-25-10-7-19/h1-4,12H,5-11H2,(H,20,21). The van der Waals surface area contributed by atoms with Crippen molar-refractivity contribution in [3.05, 3.63) is 47.7 Å². The van der Waals surface area contributed by atoms with Gasteiger partial charge in [-0.3, -0.25) is 4.79 Å². The Morgan fingerprint density at radius 2 is 2.12 bits per heavy atom. The van der Waals surface area contributed by atoms with Crippen molar-refractivity contribution in [2.75, 3.05) is 19.8 Å². The van der Waals surface area contributed by atoms with Gasteiger partial charge in [-0.25, -0.2) is 4.98 Å². The molecule has 1 amide bonds. The number of H-pyrrole nitrogens is 1. The first-order valence-corrected chi connectivity index (χ1v) is 9.02. The van der Waals surface area contributed by atoms with Gasteiger partial charge >= 0.3 is 0 Å². The first-order valence-electron chi connectivity index (χ1n) is 9.02. The summed E-state index contributed by atoms with van der Waals surface area (Å²) in [5.74, 6) is 0.0691. The quantitative estimate of drug-likeness (QED) is 0.764. The second kappa shape index (κ2) is 5.95. The average molecular weight is 352 g/mol. The van der Waals surface area contributed by atoms with Crippen LogP contribution in [0.5, 0.6) is 0 Å². The van der Waals surface area contributed by atoms with Crippen LogP contribution < -0.4 is 0 Å². The summed E-state index contributed by atoms with van der Waals surface area (Å²) in [6, 6.07) is 7.65. The zero-order valence-electron chi connectivity index (χ0n) is 14.4. The van der Waals surface area contributed by atoms with Crippen LogP contribution >= 0.6 is 0 Å². The molecule has 1 spiro atoms. The van der Waals surface area contributed by atoms with Crippen molar-refractivity contribution in [2.45, 2.75) is 31.2 Å². The van der Waals surface area contributed by atoms with E-state index in [1.54, 1.807) is 6.33 Å². The molecule has 0 aliphatic carbocycles. The maximum Gasteiger partial charge on any atom is 0.229 e. The monoisotopic (exact) mass is 352 g/mol. The fourth-order valence-electron chi connectivity index (χ4n) is 4.36. The molecule has 3 aromatic rings. The van der Waals surface area contributed by atoms with E-state index in [0.717, 1.165) is 36.0 Å². The third-order valence-electron chi connectivity index (χ3n) is 5.65. The summed E-state index contributed by atoms with van der Waals surface area (Å²) in [6.45, 7) is 1.97. The van der Waals surface area contributed by atoms with E-state index in [4.69, 9.17) is 9.26 Å². The molecule has 0 radical (unpaired) electrons. The molecule has 0 bridgehead atoms. The first kappa shape index (κ1) is 15.6. The van der Waals surface area contributed by atoms with E-state index in [2.05, 4.69) is 15.1 Å². The van der Waals surface area contributed by atoms with Crippen LogP contribution in [-0.4, -0.2) is 45.7 Å². The van der Waals surface area contributed by atoms with Crippen LogP contribution in [0.25, 0.3) is 11.0 Å². The topological polar surface area (TPSA) is 84.3 Å². The van der Waals surface area contributed by atoms with Gasteiger partial charge in [-0.1, -0.05) is 17.3 Å². The minimum absolute atomic E-state index is 0.0691. The van der Waals surface area contributed by atoms with Crippen LogP contribution in [0.1, 0.15) is 29.9 Å². The molecule has 4 heterocycles. The van der Waals surface area contributed by atoms with Gasteiger partial charge in [-0.15, -0.1) is 0 Å². The lowest BCUT2D eigenvalue weighted by molar-refractivity contribution is -0.143. The third-order valence-corrected chi connectivity index (χ3v) is 5.65. The van der Waals surface area contributed by atoms with Gasteiger partial charge in [-0.2, -0.15) is 0 Å². The number of fused-ring (bicyclic) bond motifs is 3. The molecule has 7 heteroatoms. The summed E-state index contributed by atoms with van der Waals surface area (Å²) in [6.07, 6.45) is 4.32.